The summed E-state index contributed by atoms with van der Waals surface area (Å²) in [5.41, 5.74) is 8.13. The van der Waals surface area contributed by atoms with Crippen molar-refractivity contribution in [2.75, 3.05) is 5.75 Å². The summed E-state index contributed by atoms with van der Waals surface area (Å²) >= 11 is 13.9. The lowest BCUT2D eigenvalue weighted by Gasteiger charge is -2.13. The van der Waals surface area contributed by atoms with Crippen LogP contribution in [0.4, 0.5) is 0 Å². The molecule has 0 amide bonds. The van der Waals surface area contributed by atoms with Crippen LogP contribution in [0.2, 0.25) is 10.0 Å². The van der Waals surface area contributed by atoms with E-state index in [0.717, 1.165) is 40.2 Å². The number of benzene rings is 1. The van der Waals surface area contributed by atoms with Crippen molar-refractivity contribution in [1.82, 2.24) is 9.78 Å². The second kappa shape index (κ2) is 7.54. The molecular formula is C15H19Cl2N3S. The normalized spacial score (nSPS) is 12.6. The zero-order valence-electron chi connectivity index (χ0n) is 12.1. The molecule has 6 heteroatoms. The fourth-order valence-corrected chi connectivity index (χ4v) is 3.30. The molecule has 0 fully saturated rings. The van der Waals surface area contributed by atoms with Crippen LogP contribution in [-0.2, 0) is 13.0 Å². The molecule has 0 radical (unpaired) electrons. The Balaban J connectivity index is 1.95. The molecule has 3 nitrogen and oxygen atoms in total. The van der Waals surface area contributed by atoms with Crippen LogP contribution in [0.15, 0.2) is 29.2 Å². The first-order valence-electron chi connectivity index (χ1n) is 6.87. The lowest BCUT2D eigenvalue weighted by atomic mass is 10.2. The second-order valence-electron chi connectivity index (χ2n) is 4.89. The highest BCUT2D eigenvalue weighted by atomic mass is 35.5. The standard InChI is InChI=1S/C15H19Cl2N3S/c1-3-20-14(15(17)10(2)19-20)8-12(18)9-21-13-6-4-11(16)5-7-13/h4-7,12H,3,8-9,18H2,1-2H3. The van der Waals surface area contributed by atoms with Crippen LogP contribution >= 0.6 is 35.0 Å². The minimum atomic E-state index is 0.0320. The first-order valence-corrected chi connectivity index (χ1v) is 8.61. The summed E-state index contributed by atoms with van der Waals surface area (Å²) < 4.78 is 1.94. The van der Waals surface area contributed by atoms with E-state index in [4.69, 9.17) is 28.9 Å². The molecule has 0 aliphatic rings. The molecular weight excluding hydrogens is 325 g/mol. The van der Waals surface area contributed by atoms with Crippen LogP contribution in [-0.4, -0.2) is 21.6 Å². The van der Waals surface area contributed by atoms with Crippen molar-refractivity contribution < 1.29 is 0 Å². The van der Waals surface area contributed by atoms with E-state index in [-0.39, 0.29) is 6.04 Å². The molecule has 1 atom stereocenters. The van der Waals surface area contributed by atoms with Gasteiger partial charge in [-0.2, -0.15) is 5.10 Å². The third kappa shape index (κ3) is 4.39. The van der Waals surface area contributed by atoms with Crippen molar-refractivity contribution in [2.45, 2.75) is 37.8 Å². The van der Waals surface area contributed by atoms with E-state index in [1.165, 1.54) is 4.90 Å². The van der Waals surface area contributed by atoms with Gasteiger partial charge in [0.05, 0.1) is 16.4 Å². The van der Waals surface area contributed by atoms with E-state index in [1.807, 2.05) is 35.9 Å². The maximum absolute atomic E-state index is 6.31. The molecule has 2 N–H and O–H groups in total. The zero-order chi connectivity index (χ0) is 15.4. The summed E-state index contributed by atoms with van der Waals surface area (Å²) in [4.78, 5) is 1.17. The SMILES string of the molecule is CCn1nc(C)c(Cl)c1CC(N)CSc1ccc(Cl)cc1. The van der Waals surface area contributed by atoms with Crippen LogP contribution in [0.5, 0.6) is 0 Å². The summed E-state index contributed by atoms with van der Waals surface area (Å²) in [6.07, 6.45) is 0.730. The quantitative estimate of drug-likeness (QED) is 0.800. The van der Waals surface area contributed by atoms with Gasteiger partial charge in [0.15, 0.2) is 0 Å². The van der Waals surface area contributed by atoms with Gasteiger partial charge in [0.25, 0.3) is 0 Å². The molecule has 0 saturated heterocycles. The number of halogens is 2. The minimum absolute atomic E-state index is 0.0320. The molecule has 1 unspecified atom stereocenters. The van der Waals surface area contributed by atoms with Gasteiger partial charge in [-0.25, -0.2) is 0 Å². The van der Waals surface area contributed by atoms with Crippen LogP contribution in [0.25, 0.3) is 0 Å². The van der Waals surface area contributed by atoms with Crippen LogP contribution in [0, 0.1) is 6.92 Å². The Hall–Kier alpha value is -0.680. The highest BCUT2D eigenvalue weighted by molar-refractivity contribution is 7.99. The maximum Gasteiger partial charge on any atom is 0.0847 e. The van der Waals surface area contributed by atoms with Crippen LogP contribution in [0.1, 0.15) is 18.3 Å². The van der Waals surface area contributed by atoms with Gasteiger partial charge in [-0.05, 0) is 38.1 Å². The molecule has 2 rings (SSSR count). The largest absolute Gasteiger partial charge is 0.327 e. The zero-order valence-corrected chi connectivity index (χ0v) is 14.5. The molecule has 1 aromatic carbocycles. The molecule has 1 aromatic heterocycles. The van der Waals surface area contributed by atoms with E-state index in [9.17, 15) is 0 Å². The summed E-state index contributed by atoms with van der Waals surface area (Å²) in [6.45, 7) is 4.78. The topological polar surface area (TPSA) is 43.8 Å². The minimum Gasteiger partial charge on any atom is -0.327 e. The number of thioether (sulfide) groups is 1. The Morgan fingerprint density at radius 2 is 1.95 bits per heavy atom. The van der Waals surface area contributed by atoms with Crippen molar-refractivity contribution in [3.05, 3.63) is 45.7 Å². The predicted molar refractivity (Wildman–Crippen MR) is 91.5 cm³/mol. The van der Waals surface area contributed by atoms with Crippen LogP contribution < -0.4 is 5.73 Å². The third-order valence-corrected chi connectivity index (χ3v) is 5.13. The van der Waals surface area contributed by atoms with E-state index in [2.05, 4.69) is 12.0 Å². The summed E-state index contributed by atoms with van der Waals surface area (Å²) in [5, 5.41) is 5.90. The van der Waals surface area contributed by atoms with Crippen molar-refractivity contribution >= 4 is 35.0 Å². The van der Waals surface area contributed by atoms with Gasteiger partial charge in [-0.3, -0.25) is 4.68 Å². The summed E-state index contributed by atoms with van der Waals surface area (Å²) in [6, 6.07) is 7.83. The Morgan fingerprint density at radius 1 is 1.29 bits per heavy atom. The van der Waals surface area contributed by atoms with Gasteiger partial charge < -0.3 is 5.73 Å². The highest BCUT2D eigenvalue weighted by Crippen LogP contribution is 2.24. The van der Waals surface area contributed by atoms with Gasteiger partial charge in [-0.15, -0.1) is 11.8 Å². The molecule has 2 aromatic rings. The average molecular weight is 344 g/mol. The average Bonchev–Trinajstić information content (AvgIpc) is 2.74. The molecule has 114 valence electrons. The molecule has 0 aliphatic heterocycles. The molecule has 0 aliphatic carbocycles. The summed E-state index contributed by atoms with van der Waals surface area (Å²) in [7, 11) is 0. The summed E-state index contributed by atoms with van der Waals surface area (Å²) in [5.74, 6) is 0.825. The molecule has 0 spiro atoms. The highest BCUT2D eigenvalue weighted by Gasteiger charge is 2.15. The first-order chi connectivity index (χ1) is 10.0. The number of hydrogen-bond donors (Lipinski definition) is 1. The Morgan fingerprint density at radius 3 is 2.57 bits per heavy atom. The van der Waals surface area contributed by atoms with E-state index in [1.54, 1.807) is 11.8 Å². The number of rotatable bonds is 6. The molecule has 0 saturated carbocycles. The Kier molecular flexibility index (Phi) is 5.99. The van der Waals surface area contributed by atoms with Crippen molar-refractivity contribution in [3.63, 3.8) is 0 Å². The predicted octanol–water partition coefficient (Wildman–Crippen LogP) is 4.18. The van der Waals surface area contributed by atoms with Crippen molar-refractivity contribution in [3.8, 4) is 0 Å². The third-order valence-electron chi connectivity index (χ3n) is 3.19. The fraction of sp³-hybridized carbons (Fsp3) is 0.400. The number of hydrogen-bond acceptors (Lipinski definition) is 3. The van der Waals surface area contributed by atoms with E-state index >= 15 is 0 Å². The van der Waals surface area contributed by atoms with Crippen LogP contribution in [0.3, 0.4) is 0 Å². The fourth-order valence-electron chi connectivity index (χ4n) is 2.11. The van der Waals surface area contributed by atoms with E-state index in [0.29, 0.717) is 0 Å². The second-order valence-corrected chi connectivity index (χ2v) is 6.80. The number of nitrogens with zero attached hydrogens (tertiary/aromatic N) is 2. The van der Waals surface area contributed by atoms with Gasteiger partial charge >= 0.3 is 0 Å². The molecule has 1 heterocycles. The van der Waals surface area contributed by atoms with Crippen molar-refractivity contribution in [2.24, 2.45) is 5.73 Å². The van der Waals surface area contributed by atoms with E-state index < -0.39 is 0 Å². The Labute approximate surface area is 139 Å². The smallest absolute Gasteiger partial charge is 0.0847 e. The van der Waals surface area contributed by atoms with Gasteiger partial charge in [0, 0.05) is 34.7 Å². The monoisotopic (exact) mass is 343 g/mol. The first kappa shape index (κ1) is 16.7. The van der Waals surface area contributed by atoms with Gasteiger partial charge in [0.1, 0.15) is 0 Å². The van der Waals surface area contributed by atoms with Crippen molar-refractivity contribution in [1.29, 1.82) is 0 Å². The lowest BCUT2D eigenvalue weighted by molar-refractivity contribution is 0.594. The van der Waals surface area contributed by atoms with Gasteiger partial charge in [-0.1, -0.05) is 23.2 Å². The number of nitrogens with two attached hydrogens (primary N) is 1. The number of aromatic nitrogens is 2. The number of aryl methyl sites for hydroxylation is 2. The molecule has 21 heavy (non-hydrogen) atoms. The lowest BCUT2D eigenvalue weighted by Crippen LogP contribution is -2.27. The molecule has 0 bridgehead atoms. The Bertz CT molecular complexity index is 596. The van der Waals surface area contributed by atoms with Gasteiger partial charge in [0.2, 0.25) is 0 Å². The maximum atomic E-state index is 6.31.